The Kier molecular flexibility index (Phi) is 3.78. The maximum Gasteiger partial charge on any atom is 0.111 e. The topological polar surface area (TPSA) is 16.6 Å². The van der Waals surface area contributed by atoms with Gasteiger partial charge >= 0.3 is 0 Å². The van der Waals surface area contributed by atoms with E-state index in [-0.39, 0.29) is 0 Å². The Hall–Kier alpha value is -0.830. The van der Waals surface area contributed by atoms with Gasteiger partial charge in [0.25, 0.3) is 0 Å². The number of rotatable bonds is 4. The highest BCUT2D eigenvalue weighted by molar-refractivity contribution is 7.09. The molecule has 0 aliphatic carbocycles. The number of thiophene rings is 1. The SMILES string of the molecule is Clc1ccc(C[NH2+]Cc2cccs2)cc1. The molecule has 2 N–H and O–H groups in total. The summed E-state index contributed by atoms with van der Waals surface area (Å²) < 4.78 is 0. The summed E-state index contributed by atoms with van der Waals surface area (Å²) in [4.78, 5) is 1.42. The fraction of sp³-hybridized carbons (Fsp3) is 0.167. The molecule has 1 heterocycles. The Balaban J connectivity index is 1.81. The zero-order valence-corrected chi connectivity index (χ0v) is 9.89. The van der Waals surface area contributed by atoms with Crippen LogP contribution in [-0.4, -0.2) is 0 Å². The third kappa shape index (κ3) is 3.34. The highest BCUT2D eigenvalue weighted by Gasteiger charge is 1.97. The van der Waals surface area contributed by atoms with Gasteiger partial charge in [0.15, 0.2) is 0 Å². The molecule has 2 aromatic rings. The number of hydrogen-bond acceptors (Lipinski definition) is 1. The van der Waals surface area contributed by atoms with Crippen LogP contribution >= 0.6 is 22.9 Å². The Labute approximate surface area is 98.7 Å². The van der Waals surface area contributed by atoms with Crippen molar-refractivity contribution in [1.29, 1.82) is 0 Å². The lowest BCUT2D eigenvalue weighted by Gasteiger charge is -2.00. The highest BCUT2D eigenvalue weighted by atomic mass is 35.5. The molecule has 0 radical (unpaired) electrons. The van der Waals surface area contributed by atoms with E-state index in [9.17, 15) is 0 Å². The molecule has 1 nitrogen and oxygen atoms in total. The molecule has 0 aliphatic rings. The van der Waals surface area contributed by atoms with Crippen LogP contribution in [0.4, 0.5) is 0 Å². The zero-order valence-electron chi connectivity index (χ0n) is 8.32. The third-order valence-corrected chi connectivity index (χ3v) is 3.37. The van der Waals surface area contributed by atoms with Gasteiger partial charge < -0.3 is 5.32 Å². The van der Waals surface area contributed by atoms with Crippen molar-refractivity contribution in [3.8, 4) is 0 Å². The molecule has 0 unspecified atom stereocenters. The van der Waals surface area contributed by atoms with Gasteiger partial charge in [-0.25, -0.2) is 0 Å². The van der Waals surface area contributed by atoms with Gasteiger partial charge in [0, 0.05) is 10.6 Å². The van der Waals surface area contributed by atoms with Crippen LogP contribution in [-0.2, 0) is 13.1 Å². The van der Waals surface area contributed by atoms with E-state index in [4.69, 9.17) is 11.6 Å². The van der Waals surface area contributed by atoms with E-state index in [0.29, 0.717) is 0 Å². The number of nitrogens with two attached hydrogens (primary N) is 1. The molecule has 0 spiro atoms. The summed E-state index contributed by atoms with van der Waals surface area (Å²) in [5.41, 5.74) is 1.32. The number of benzene rings is 1. The molecule has 1 aromatic heterocycles. The van der Waals surface area contributed by atoms with Crippen LogP contribution in [0.25, 0.3) is 0 Å². The first-order valence-electron chi connectivity index (χ1n) is 4.93. The minimum atomic E-state index is 0.803. The van der Waals surface area contributed by atoms with Crippen molar-refractivity contribution in [3.05, 3.63) is 57.2 Å². The van der Waals surface area contributed by atoms with E-state index in [0.717, 1.165) is 18.1 Å². The second-order valence-corrected chi connectivity index (χ2v) is 4.87. The predicted molar refractivity (Wildman–Crippen MR) is 65.1 cm³/mol. The molecule has 0 aliphatic heterocycles. The lowest BCUT2D eigenvalue weighted by molar-refractivity contribution is -0.685. The molecular weight excluding hydrogens is 226 g/mol. The smallest absolute Gasteiger partial charge is 0.111 e. The Morgan fingerprint density at radius 1 is 1.07 bits per heavy atom. The van der Waals surface area contributed by atoms with Crippen LogP contribution in [0.2, 0.25) is 5.02 Å². The van der Waals surface area contributed by atoms with Crippen molar-refractivity contribution in [3.63, 3.8) is 0 Å². The summed E-state index contributed by atoms with van der Waals surface area (Å²) in [5.74, 6) is 0. The van der Waals surface area contributed by atoms with Crippen molar-refractivity contribution >= 4 is 22.9 Å². The van der Waals surface area contributed by atoms with Crippen LogP contribution in [0, 0.1) is 0 Å². The van der Waals surface area contributed by atoms with E-state index in [1.807, 2.05) is 23.5 Å². The second kappa shape index (κ2) is 5.31. The summed E-state index contributed by atoms with van der Waals surface area (Å²) in [5, 5.41) is 5.22. The Morgan fingerprint density at radius 2 is 1.87 bits per heavy atom. The third-order valence-electron chi connectivity index (χ3n) is 2.22. The molecule has 0 bridgehead atoms. The lowest BCUT2D eigenvalue weighted by Crippen LogP contribution is -2.80. The van der Waals surface area contributed by atoms with Gasteiger partial charge in [-0.15, -0.1) is 11.3 Å². The average Bonchev–Trinajstić information content (AvgIpc) is 2.74. The fourth-order valence-electron chi connectivity index (χ4n) is 1.43. The van der Waals surface area contributed by atoms with Gasteiger partial charge in [-0.1, -0.05) is 29.8 Å². The molecule has 15 heavy (non-hydrogen) atoms. The zero-order chi connectivity index (χ0) is 10.5. The average molecular weight is 239 g/mol. The summed E-state index contributed by atoms with van der Waals surface area (Å²) in [6, 6.07) is 12.3. The maximum atomic E-state index is 5.82. The fourth-order valence-corrected chi connectivity index (χ4v) is 2.26. The van der Waals surface area contributed by atoms with Crippen LogP contribution in [0.1, 0.15) is 10.4 Å². The van der Waals surface area contributed by atoms with Gasteiger partial charge in [0.2, 0.25) is 0 Å². The van der Waals surface area contributed by atoms with Crippen molar-refractivity contribution in [1.82, 2.24) is 0 Å². The van der Waals surface area contributed by atoms with Crippen LogP contribution in [0.3, 0.4) is 0 Å². The van der Waals surface area contributed by atoms with Crippen LogP contribution in [0.15, 0.2) is 41.8 Å². The molecule has 0 saturated carbocycles. The predicted octanol–water partition coefficient (Wildman–Crippen LogP) is 2.67. The van der Waals surface area contributed by atoms with Crippen LogP contribution in [0.5, 0.6) is 0 Å². The number of hydrogen-bond donors (Lipinski definition) is 1. The Morgan fingerprint density at radius 3 is 2.53 bits per heavy atom. The van der Waals surface area contributed by atoms with Gasteiger partial charge in [-0.3, -0.25) is 0 Å². The van der Waals surface area contributed by atoms with E-state index < -0.39 is 0 Å². The van der Waals surface area contributed by atoms with Gasteiger partial charge in [0.05, 0.1) is 4.88 Å². The molecule has 78 valence electrons. The van der Waals surface area contributed by atoms with Gasteiger partial charge in [-0.05, 0) is 23.6 Å². The first-order chi connectivity index (χ1) is 7.34. The van der Waals surface area contributed by atoms with E-state index in [1.54, 1.807) is 0 Å². The van der Waals surface area contributed by atoms with Crippen molar-refractivity contribution < 1.29 is 5.32 Å². The van der Waals surface area contributed by atoms with Gasteiger partial charge in [-0.2, -0.15) is 0 Å². The normalized spacial score (nSPS) is 10.5. The number of quaternary nitrogens is 1. The molecule has 3 heteroatoms. The molecular formula is C12H13ClNS+. The number of halogens is 1. The molecule has 0 amide bonds. The molecule has 1 aromatic carbocycles. The van der Waals surface area contributed by atoms with Crippen molar-refractivity contribution in [2.45, 2.75) is 13.1 Å². The monoisotopic (exact) mass is 238 g/mol. The highest BCUT2D eigenvalue weighted by Crippen LogP contribution is 2.09. The summed E-state index contributed by atoms with van der Waals surface area (Å²) in [6.07, 6.45) is 0. The molecule has 0 atom stereocenters. The minimum Gasteiger partial charge on any atom is -0.338 e. The molecule has 0 saturated heterocycles. The summed E-state index contributed by atoms with van der Waals surface area (Å²) in [6.45, 7) is 2.06. The second-order valence-electron chi connectivity index (χ2n) is 3.40. The van der Waals surface area contributed by atoms with Gasteiger partial charge in [0.1, 0.15) is 13.1 Å². The van der Waals surface area contributed by atoms with Crippen molar-refractivity contribution in [2.75, 3.05) is 0 Å². The Bertz CT molecular complexity index is 394. The lowest BCUT2D eigenvalue weighted by atomic mass is 10.2. The van der Waals surface area contributed by atoms with E-state index in [2.05, 4.69) is 35.0 Å². The summed E-state index contributed by atoms with van der Waals surface area (Å²) in [7, 11) is 0. The van der Waals surface area contributed by atoms with Crippen molar-refractivity contribution in [2.24, 2.45) is 0 Å². The molecule has 0 fully saturated rings. The minimum absolute atomic E-state index is 0.803. The largest absolute Gasteiger partial charge is 0.338 e. The summed E-state index contributed by atoms with van der Waals surface area (Å²) >= 11 is 7.63. The first-order valence-corrected chi connectivity index (χ1v) is 6.19. The molecule has 2 rings (SSSR count). The van der Waals surface area contributed by atoms with E-state index in [1.165, 1.54) is 10.4 Å². The first kappa shape index (κ1) is 10.7. The quantitative estimate of drug-likeness (QED) is 0.844. The van der Waals surface area contributed by atoms with E-state index >= 15 is 0 Å². The maximum absolute atomic E-state index is 5.82. The van der Waals surface area contributed by atoms with Crippen LogP contribution < -0.4 is 5.32 Å². The standard InChI is InChI=1S/C12H12ClNS/c13-11-5-3-10(4-6-11)8-14-9-12-2-1-7-15-12/h1-7,14H,8-9H2/p+1.